The lowest BCUT2D eigenvalue weighted by atomic mass is 10.0. The summed E-state index contributed by atoms with van der Waals surface area (Å²) >= 11 is 3.26. The van der Waals surface area contributed by atoms with Gasteiger partial charge in [-0.15, -0.1) is 0 Å². The maximum atomic E-state index is 11.8. The Morgan fingerprint density at radius 3 is 2.43 bits per heavy atom. The summed E-state index contributed by atoms with van der Waals surface area (Å²) in [6.07, 6.45) is -2.58. The van der Waals surface area contributed by atoms with Gasteiger partial charge in [0.15, 0.2) is 6.10 Å². The first kappa shape index (κ1) is 17.5. The molecule has 1 rings (SSSR count). The standard InChI is InChI=1S/C14H18BrNO5/c1-14(2,3)21-13(20)16-10(11(17)12(18)19)8-5-4-6-9(15)7-8/h4-7,10-11,17H,1-3H3,(H,16,20)(H,18,19)/t10-,11-/m0/s1. The van der Waals surface area contributed by atoms with Gasteiger partial charge in [-0.2, -0.15) is 0 Å². The summed E-state index contributed by atoms with van der Waals surface area (Å²) in [5.74, 6) is -1.43. The molecule has 3 N–H and O–H groups in total. The molecule has 7 heteroatoms. The van der Waals surface area contributed by atoms with Crippen LogP contribution in [0.3, 0.4) is 0 Å². The third-order valence-electron chi connectivity index (χ3n) is 2.45. The van der Waals surface area contributed by atoms with Crippen LogP contribution in [-0.4, -0.2) is 34.0 Å². The highest BCUT2D eigenvalue weighted by molar-refractivity contribution is 9.10. The number of rotatable bonds is 4. The molecule has 0 saturated heterocycles. The summed E-state index contributed by atoms with van der Waals surface area (Å²) in [5, 5.41) is 21.2. The topological polar surface area (TPSA) is 95.9 Å². The molecule has 0 saturated carbocycles. The molecule has 0 aliphatic carbocycles. The third kappa shape index (κ3) is 5.73. The van der Waals surface area contributed by atoms with Crippen LogP contribution < -0.4 is 5.32 Å². The van der Waals surface area contributed by atoms with E-state index in [0.717, 1.165) is 0 Å². The molecule has 0 spiro atoms. The second-order valence-electron chi connectivity index (χ2n) is 5.46. The van der Waals surface area contributed by atoms with Crippen molar-refractivity contribution in [2.75, 3.05) is 0 Å². The fraction of sp³-hybridized carbons (Fsp3) is 0.429. The number of carbonyl (C=O) groups excluding carboxylic acids is 1. The largest absolute Gasteiger partial charge is 0.479 e. The second-order valence-corrected chi connectivity index (χ2v) is 6.38. The lowest BCUT2D eigenvalue weighted by Gasteiger charge is -2.25. The van der Waals surface area contributed by atoms with E-state index in [9.17, 15) is 14.7 Å². The number of aliphatic hydroxyl groups excluding tert-OH is 1. The molecule has 6 nitrogen and oxygen atoms in total. The lowest BCUT2D eigenvalue weighted by Crippen LogP contribution is -2.42. The minimum Gasteiger partial charge on any atom is -0.479 e. The molecule has 1 aromatic rings. The molecule has 0 aromatic heterocycles. The van der Waals surface area contributed by atoms with E-state index >= 15 is 0 Å². The molecule has 0 radical (unpaired) electrons. The summed E-state index contributed by atoms with van der Waals surface area (Å²) in [4.78, 5) is 22.8. The molecule has 0 bridgehead atoms. The normalized spacial score (nSPS) is 14.1. The van der Waals surface area contributed by atoms with Gasteiger partial charge in [-0.25, -0.2) is 9.59 Å². The summed E-state index contributed by atoms with van der Waals surface area (Å²) in [5.41, 5.74) is -0.273. The van der Waals surface area contributed by atoms with Crippen LogP contribution in [0.25, 0.3) is 0 Å². The molecular formula is C14H18BrNO5. The molecule has 0 aliphatic rings. The summed E-state index contributed by atoms with van der Waals surface area (Å²) in [6.45, 7) is 5.07. The fourth-order valence-electron chi connectivity index (χ4n) is 1.62. The van der Waals surface area contributed by atoms with Crippen LogP contribution in [0.4, 0.5) is 4.79 Å². The van der Waals surface area contributed by atoms with Gasteiger partial charge in [0.05, 0.1) is 6.04 Å². The van der Waals surface area contributed by atoms with Gasteiger partial charge < -0.3 is 20.3 Å². The summed E-state index contributed by atoms with van der Waals surface area (Å²) in [6, 6.07) is 5.54. The molecule has 2 atom stereocenters. The Kier molecular flexibility index (Phi) is 5.74. The minimum atomic E-state index is -1.79. The maximum Gasteiger partial charge on any atom is 0.408 e. The predicted octanol–water partition coefficient (Wildman–Crippen LogP) is 2.46. The molecule has 1 aromatic carbocycles. The van der Waals surface area contributed by atoms with E-state index < -0.39 is 29.8 Å². The molecule has 21 heavy (non-hydrogen) atoms. The molecule has 0 aliphatic heterocycles. The number of carbonyl (C=O) groups is 2. The van der Waals surface area contributed by atoms with Crippen molar-refractivity contribution in [1.29, 1.82) is 0 Å². The van der Waals surface area contributed by atoms with E-state index in [-0.39, 0.29) is 0 Å². The number of amides is 1. The van der Waals surface area contributed by atoms with Crippen molar-refractivity contribution in [3.63, 3.8) is 0 Å². The van der Waals surface area contributed by atoms with E-state index in [1.807, 2.05) is 0 Å². The lowest BCUT2D eigenvalue weighted by molar-refractivity contribution is -0.148. The predicted molar refractivity (Wildman–Crippen MR) is 79.9 cm³/mol. The number of hydrogen-bond donors (Lipinski definition) is 3. The number of alkyl carbamates (subject to hydrolysis) is 1. The van der Waals surface area contributed by atoms with E-state index in [1.165, 1.54) is 0 Å². The van der Waals surface area contributed by atoms with E-state index in [2.05, 4.69) is 21.2 Å². The number of ether oxygens (including phenoxy) is 1. The van der Waals surface area contributed by atoms with Gasteiger partial charge in [0.25, 0.3) is 0 Å². The Morgan fingerprint density at radius 2 is 1.95 bits per heavy atom. The van der Waals surface area contributed by atoms with E-state index in [1.54, 1.807) is 45.0 Å². The first-order valence-corrected chi connectivity index (χ1v) is 7.05. The van der Waals surface area contributed by atoms with Crippen molar-refractivity contribution in [3.05, 3.63) is 34.3 Å². The Morgan fingerprint density at radius 1 is 1.33 bits per heavy atom. The van der Waals surface area contributed by atoms with Gasteiger partial charge in [-0.3, -0.25) is 0 Å². The molecular weight excluding hydrogens is 342 g/mol. The van der Waals surface area contributed by atoms with Crippen molar-refractivity contribution in [2.45, 2.75) is 38.5 Å². The highest BCUT2D eigenvalue weighted by atomic mass is 79.9. The zero-order chi connectivity index (χ0) is 16.2. The molecule has 0 unspecified atom stereocenters. The Labute approximate surface area is 131 Å². The number of benzene rings is 1. The molecule has 0 fully saturated rings. The molecule has 1 amide bonds. The minimum absolute atomic E-state index is 0.449. The first-order valence-electron chi connectivity index (χ1n) is 6.26. The van der Waals surface area contributed by atoms with Crippen molar-refractivity contribution >= 4 is 28.0 Å². The van der Waals surface area contributed by atoms with Gasteiger partial charge in [-0.1, -0.05) is 28.1 Å². The summed E-state index contributed by atoms with van der Waals surface area (Å²) in [7, 11) is 0. The highest BCUT2D eigenvalue weighted by Crippen LogP contribution is 2.22. The van der Waals surface area contributed by atoms with Crippen LogP contribution >= 0.6 is 15.9 Å². The van der Waals surface area contributed by atoms with Gasteiger partial charge >= 0.3 is 12.1 Å². The SMILES string of the molecule is CC(C)(C)OC(=O)N[C@@H](c1cccc(Br)c1)[C@H](O)C(=O)O. The smallest absolute Gasteiger partial charge is 0.408 e. The zero-order valence-electron chi connectivity index (χ0n) is 12.0. The number of nitrogens with one attached hydrogen (secondary N) is 1. The van der Waals surface area contributed by atoms with Crippen LogP contribution in [0.1, 0.15) is 32.4 Å². The van der Waals surface area contributed by atoms with Gasteiger partial charge in [-0.05, 0) is 38.5 Å². The van der Waals surface area contributed by atoms with Crippen LogP contribution in [0.5, 0.6) is 0 Å². The van der Waals surface area contributed by atoms with E-state index in [0.29, 0.717) is 10.0 Å². The maximum absolute atomic E-state index is 11.8. The Balaban J connectivity index is 2.99. The Bertz CT molecular complexity index is 526. The van der Waals surface area contributed by atoms with Crippen LogP contribution in [0, 0.1) is 0 Å². The second kappa shape index (κ2) is 6.91. The van der Waals surface area contributed by atoms with Gasteiger partial charge in [0.1, 0.15) is 5.60 Å². The fourth-order valence-corrected chi connectivity index (χ4v) is 2.04. The average molecular weight is 360 g/mol. The number of aliphatic hydroxyl groups is 1. The number of aliphatic carboxylic acids is 1. The Hall–Kier alpha value is -1.60. The quantitative estimate of drug-likeness (QED) is 0.767. The summed E-state index contributed by atoms with van der Waals surface area (Å²) < 4.78 is 5.79. The highest BCUT2D eigenvalue weighted by Gasteiger charge is 2.30. The average Bonchev–Trinajstić information content (AvgIpc) is 2.32. The molecule has 116 valence electrons. The number of hydrogen-bond acceptors (Lipinski definition) is 4. The number of carboxylic acids is 1. The van der Waals surface area contributed by atoms with Gasteiger partial charge in [0.2, 0.25) is 0 Å². The van der Waals surface area contributed by atoms with Crippen molar-refractivity contribution in [3.8, 4) is 0 Å². The zero-order valence-corrected chi connectivity index (χ0v) is 13.5. The van der Waals surface area contributed by atoms with Crippen LogP contribution in [0.15, 0.2) is 28.7 Å². The van der Waals surface area contributed by atoms with Crippen molar-refractivity contribution in [1.82, 2.24) is 5.32 Å². The van der Waals surface area contributed by atoms with Crippen molar-refractivity contribution < 1.29 is 24.5 Å². The monoisotopic (exact) mass is 359 g/mol. The van der Waals surface area contributed by atoms with Crippen LogP contribution in [-0.2, 0) is 9.53 Å². The van der Waals surface area contributed by atoms with Gasteiger partial charge in [0, 0.05) is 4.47 Å². The van der Waals surface area contributed by atoms with Crippen molar-refractivity contribution in [2.24, 2.45) is 0 Å². The number of carboxylic acid groups (broad SMARTS) is 1. The number of halogens is 1. The van der Waals surface area contributed by atoms with E-state index in [4.69, 9.17) is 9.84 Å². The third-order valence-corrected chi connectivity index (χ3v) is 2.94. The molecule has 0 heterocycles. The van der Waals surface area contributed by atoms with Crippen LogP contribution in [0.2, 0.25) is 0 Å². The first-order chi connectivity index (χ1) is 9.60.